The third-order valence-corrected chi connectivity index (χ3v) is 4.52. The van der Waals surface area contributed by atoms with E-state index in [1.54, 1.807) is 24.3 Å². The number of carboxylic acids is 1. The van der Waals surface area contributed by atoms with Gasteiger partial charge in [-0.3, -0.25) is 14.6 Å². The van der Waals surface area contributed by atoms with Gasteiger partial charge in [0.2, 0.25) is 0 Å². The molecule has 1 aromatic heterocycles. The summed E-state index contributed by atoms with van der Waals surface area (Å²) in [4.78, 5) is 41.6. The lowest BCUT2D eigenvalue weighted by Gasteiger charge is -2.20. The van der Waals surface area contributed by atoms with Crippen LogP contribution in [0.25, 0.3) is 0 Å². The molecule has 3 rings (SSSR count). The Morgan fingerprint density at radius 2 is 1.59 bits per heavy atom. The fourth-order valence-corrected chi connectivity index (χ4v) is 3.04. The fraction of sp³-hybridized carbons (Fsp3) is 0.300. The Labute approximate surface area is 157 Å². The molecule has 0 aliphatic carbocycles. The molecule has 0 radical (unpaired) electrons. The van der Waals surface area contributed by atoms with Gasteiger partial charge in [-0.05, 0) is 49.2 Å². The Balaban J connectivity index is 1.66. The molecule has 2 heterocycles. The number of benzene rings is 1. The lowest BCUT2D eigenvalue weighted by Crippen LogP contribution is -2.31. The van der Waals surface area contributed by atoms with Gasteiger partial charge in [0.1, 0.15) is 5.69 Å². The first-order valence-electron chi connectivity index (χ1n) is 8.94. The lowest BCUT2D eigenvalue weighted by molar-refractivity contribution is 0.0695. The van der Waals surface area contributed by atoms with Crippen molar-refractivity contribution in [2.45, 2.75) is 25.7 Å². The third-order valence-electron chi connectivity index (χ3n) is 4.52. The normalized spacial score (nSPS) is 14.3. The number of nitrogens with zero attached hydrogens (tertiary/aromatic N) is 2. The molecular formula is C20H21N3O4. The van der Waals surface area contributed by atoms with Crippen LogP contribution in [0.4, 0.5) is 5.69 Å². The average Bonchev–Trinajstić information content (AvgIpc) is 2.97. The van der Waals surface area contributed by atoms with Gasteiger partial charge >= 0.3 is 5.97 Å². The Morgan fingerprint density at radius 3 is 2.22 bits per heavy atom. The standard InChI is InChI=1S/C20H21N3O4/c24-18(17-13-15(20(26)27)9-10-21-17)22-16-7-5-14(6-8-16)19(25)23-11-3-1-2-4-12-23/h5-10,13H,1-4,11-12H2,(H,22,24)(H,26,27). The Morgan fingerprint density at radius 1 is 0.926 bits per heavy atom. The summed E-state index contributed by atoms with van der Waals surface area (Å²) in [5.41, 5.74) is 1.10. The number of nitrogens with one attached hydrogen (secondary N) is 1. The van der Waals surface area contributed by atoms with Crippen LogP contribution in [-0.2, 0) is 0 Å². The Kier molecular flexibility index (Phi) is 5.80. The highest BCUT2D eigenvalue weighted by Gasteiger charge is 2.17. The topological polar surface area (TPSA) is 99.6 Å². The molecule has 0 saturated carbocycles. The Hall–Kier alpha value is -3.22. The maximum absolute atomic E-state index is 12.6. The minimum atomic E-state index is -1.12. The zero-order valence-electron chi connectivity index (χ0n) is 14.9. The summed E-state index contributed by atoms with van der Waals surface area (Å²) in [6.45, 7) is 1.56. The van der Waals surface area contributed by atoms with Crippen LogP contribution in [0.2, 0.25) is 0 Å². The second-order valence-corrected chi connectivity index (χ2v) is 6.47. The maximum Gasteiger partial charge on any atom is 0.335 e. The molecule has 1 saturated heterocycles. The maximum atomic E-state index is 12.6. The molecule has 0 atom stereocenters. The first-order chi connectivity index (χ1) is 13.0. The van der Waals surface area contributed by atoms with Gasteiger partial charge in [0, 0.05) is 30.5 Å². The van der Waals surface area contributed by atoms with Gasteiger partial charge in [0.25, 0.3) is 11.8 Å². The largest absolute Gasteiger partial charge is 0.478 e. The summed E-state index contributed by atoms with van der Waals surface area (Å²) in [6, 6.07) is 9.22. The van der Waals surface area contributed by atoms with E-state index in [1.165, 1.54) is 18.3 Å². The second-order valence-electron chi connectivity index (χ2n) is 6.47. The van der Waals surface area contributed by atoms with E-state index < -0.39 is 11.9 Å². The SMILES string of the molecule is O=C(O)c1ccnc(C(=O)Nc2ccc(C(=O)N3CCCCCC3)cc2)c1. The molecule has 2 amide bonds. The highest BCUT2D eigenvalue weighted by molar-refractivity contribution is 6.04. The van der Waals surface area contributed by atoms with Crippen molar-refractivity contribution in [1.82, 2.24) is 9.88 Å². The molecular weight excluding hydrogens is 346 g/mol. The predicted molar refractivity (Wildman–Crippen MR) is 100.0 cm³/mol. The van der Waals surface area contributed by atoms with E-state index >= 15 is 0 Å². The highest BCUT2D eigenvalue weighted by Crippen LogP contribution is 2.16. The number of aromatic nitrogens is 1. The molecule has 0 unspecified atom stereocenters. The molecule has 27 heavy (non-hydrogen) atoms. The van der Waals surface area contributed by atoms with Crippen LogP contribution < -0.4 is 5.32 Å². The summed E-state index contributed by atoms with van der Waals surface area (Å²) in [5.74, 6) is -1.63. The van der Waals surface area contributed by atoms with Crippen LogP contribution in [0.1, 0.15) is 56.9 Å². The minimum Gasteiger partial charge on any atom is -0.478 e. The van der Waals surface area contributed by atoms with E-state index in [9.17, 15) is 14.4 Å². The number of amides is 2. The van der Waals surface area contributed by atoms with Gasteiger partial charge in [-0.2, -0.15) is 0 Å². The number of likely N-dealkylation sites (tertiary alicyclic amines) is 1. The summed E-state index contributed by atoms with van der Waals surface area (Å²) in [7, 11) is 0. The van der Waals surface area contributed by atoms with Crippen molar-refractivity contribution in [3.63, 3.8) is 0 Å². The molecule has 1 aliphatic rings. The lowest BCUT2D eigenvalue weighted by atomic mass is 10.1. The quantitative estimate of drug-likeness (QED) is 0.865. The molecule has 0 bridgehead atoms. The Bertz CT molecular complexity index is 841. The molecule has 2 N–H and O–H groups in total. The van der Waals surface area contributed by atoms with Crippen LogP contribution in [0.5, 0.6) is 0 Å². The van der Waals surface area contributed by atoms with Gasteiger partial charge < -0.3 is 15.3 Å². The number of carboxylic acid groups (broad SMARTS) is 1. The first-order valence-corrected chi connectivity index (χ1v) is 8.94. The van der Waals surface area contributed by atoms with Crippen molar-refractivity contribution in [1.29, 1.82) is 0 Å². The van der Waals surface area contributed by atoms with Gasteiger partial charge in [-0.15, -0.1) is 0 Å². The van der Waals surface area contributed by atoms with E-state index in [1.807, 2.05) is 4.90 Å². The molecule has 140 valence electrons. The number of pyridine rings is 1. The zero-order valence-corrected chi connectivity index (χ0v) is 14.9. The predicted octanol–water partition coefficient (Wildman–Crippen LogP) is 3.05. The van der Waals surface area contributed by atoms with Gasteiger partial charge in [-0.25, -0.2) is 4.79 Å². The van der Waals surface area contributed by atoms with Crippen LogP contribution in [0.15, 0.2) is 42.6 Å². The number of carbonyl (C=O) groups is 3. The highest BCUT2D eigenvalue weighted by atomic mass is 16.4. The average molecular weight is 367 g/mol. The van der Waals surface area contributed by atoms with Crippen molar-refractivity contribution in [2.24, 2.45) is 0 Å². The van der Waals surface area contributed by atoms with Crippen molar-refractivity contribution in [3.8, 4) is 0 Å². The van der Waals surface area contributed by atoms with E-state index in [0.717, 1.165) is 38.8 Å². The van der Waals surface area contributed by atoms with E-state index in [2.05, 4.69) is 10.3 Å². The van der Waals surface area contributed by atoms with Crippen LogP contribution in [0.3, 0.4) is 0 Å². The van der Waals surface area contributed by atoms with Crippen molar-refractivity contribution >= 4 is 23.5 Å². The summed E-state index contributed by atoms with van der Waals surface area (Å²) >= 11 is 0. The second kappa shape index (κ2) is 8.44. The number of rotatable bonds is 4. The van der Waals surface area contributed by atoms with Crippen molar-refractivity contribution < 1.29 is 19.5 Å². The third kappa shape index (κ3) is 4.69. The van der Waals surface area contributed by atoms with Crippen molar-refractivity contribution in [2.75, 3.05) is 18.4 Å². The van der Waals surface area contributed by atoms with Crippen LogP contribution in [0, 0.1) is 0 Å². The molecule has 7 heteroatoms. The van der Waals surface area contributed by atoms with Gasteiger partial charge in [0.05, 0.1) is 5.56 Å². The molecule has 2 aromatic rings. The molecule has 1 fully saturated rings. The van der Waals surface area contributed by atoms with Crippen LogP contribution in [-0.4, -0.2) is 45.9 Å². The van der Waals surface area contributed by atoms with Gasteiger partial charge in [-0.1, -0.05) is 12.8 Å². The minimum absolute atomic E-state index is 0.00519. The summed E-state index contributed by atoms with van der Waals surface area (Å²) < 4.78 is 0. The number of hydrogen-bond acceptors (Lipinski definition) is 4. The van der Waals surface area contributed by atoms with Crippen LogP contribution >= 0.6 is 0 Å². The van der Waals surface area contributed by atoms with E-state index in [0.29, 0.717) is 11.3 Å². The van der Waals surface area contributed by atoms with Crippen molar-refractivity contribution in [3.05, 3.63) is 59.4 Å². The molecule has 7 nitrogen and oxygen atoms in total. The summed E-state index contributed by atoms with van der Waals surface area (Å²) in [5, 5.41) is 11.7. The van der Waals surface area contributed by atoms with E-state index in [-0.39, 0.29) is 17.2 Å². The number of aromatic carboxylic acids is 1. The number of hydrogen-bond donors (Lipinski definition) is 2. The zero-order chi connectivity index (χ0) is 19.2. The smallest absolute Gasteiger partial charge is 0.335 e. The fourth-order valence-electron chi connectivity index (χ4n) is 3.04. The van der Waals surface area contributed by atoms with Gasteiger partial charge in [0.15, 0.2) is 0 Å². The molecule has 1 aromatic carbocycles. The van der Waals surface area contributed by atoms with E-state index in [4.69, 9.17) is 5.11 Å². The molecule has 0 spiro atoms. The number of carbonyl (C=O) groups excluding carboxylic acids is 2. The number of anilines is 1. The first kappa shape index (κ1) is 18.6. The monoisotopic (exact) mass is 367 g/mol. The molecule has 1 aliphatic heterocycles. The summed E-state index contributed by atoms with van der Waals surface area (Å²) in [6.07, 6.45) is 5.66.